The zero-order chi connectivity index (χ0) is 27.2. The molecular weight excluding hydrogens is 503 g/mol. The summed E-state index contributed by atoms with van der Waals surface area (Å²) in [5.41, 5.74) is 6.91. The molecule has 6 aromatic carbocycles. The van der Waals surface area contributed by atoms with Gasteiger partial charge in [-0.05, 0) is 39.5 Å². The molecule has 0 aliphatic rings. The average Bonchev–Trinajstić information content (AvgIpc) is 3.05. The second-order valence-corrected chi connectivity index (χ2v) is 12.5. The van der Waals surface area contributed by atoms with Gasteiger partial charge in [-0.25, -0.2) is 0 Å². The van der Waals surface area contributed by atoms with E-state index in [0.717, 1.165) is 32.6 Å². The van der Waals surface area contributed by atoms with Crippen LogP contribution in [0.1, 0.15) is 16.7 Å². The minimum Gasteiger partial charge on any atom is -0.309 e. The average molecular weight is 533 g/mol. The van der Waals surface area contributed by atoms with Crippen LogP contribution in [0.5, 0.6) is 0 Å². The Morgan fingerprint density at radius 3 is 1.27 bits per heavy atom. The van der Waals surface area contributed by atoms with E-state index >= 15 is 0 Å². The van der Waals surface area contributed by atoms with Crippen molar-refractivity contribution in [1.29, 1.82) is 0 Å². The standard InChI is InChI=1S/C38H29OP/c39-40(35-17-9-3-10-18-35,36-19-11-4-12-20-36)37-27-25-32(26-28-37)31-21-23-34(24-22-31)38(33-15-7-2-8-16-33)29-30-13-5-1-6-14-30/h1-29H. The summed E-state index contributed by atoms with van der Waals surface area (Å²) in [5.74, 6) is 0. The molecule has 0 spiro atoms. The lowest BCUT2D eigenvalue weighted by Crippen LogP contribution is -2.24. The van der Waals surface area contributed by atoms with Crippen LogP contribution in [0, 0.1) is 0 Å². The number of benzene rings is 6. The van der Waals surface area contributed by atoms with E-state index in [-0.39, 0.29) is 0 Å². The minimum atomic E-state index is -2.98. The summed E-state index contributed by atoms with van der Waals surface area (Å²) in [4.78, 5) is 0. The first-order chi connectivity index (χ1) is 19.7. The first-order valence-corrected chi connectivity index (χ1v) is 15.2. The summed E-state index contributed by atoms with van der Waals surface area (Å²) in [6.07, 6.45) is 2.24. The van der Waals surface area contributed by atoms with Gasteiger partial charge in [0, 0.05) is 15.9 Å². The fraction of sp³-hybridized carbons (Fsp3) is 0. The van der Waals surface area contributed by atoms with E-state index in [1.165, 1.54) is 16.7 Å². The van der Waals surface area contributed by atoms with Crippen LogP contribution >= 0.6 is 7.14 Å². The molecule has 0 bridgehead atoms. The Labute approximate surface area is 236 Å². The van der Waals surface area contributed by atoms with Crippen molar-refractivity contribution < 1.29 is 4.57 Å². The van der Waals surface area contributed by atoms with Crippen molar-refractivity contribution in [3.8, 4) is 11.1 Å². The van der Waals surface area contributed by atoms with Crippen LogP contribution in [0.4, 0.5) is 0 Å². The monoisotopic (exact) mass is 532 g/mol. The van der Waals surface area contributed by atoms with E-state index in [2.05, 4.69) is 91.0 Å². The number of hydrogen-bond donors (Lipinski definition) is 0. The summed E-state index contributed by atoms with van der Waals surface area (Å²) < 4.78 is 14.7. The van der Waals surface area contributed by atoms with Crippen molar-refractivity contribution >= 4 is 34.7 Å². The third-order valence-electron chi connectivity index (χ3n) is 7.20. The molecule has 2 heteroatoms. The van der Waals surface area contributed by atoms with Gasteiger partial charge in [-0.1, -0.05) is 170 Å². The first-order valence-electron chi connectivity index (χ1n) is 13.5. The van der Waals surface area contributed by atoms with Gasteiger partial charge in [0.15, 0.2) is 7.14 Å². The summed E-state index contributed by atoms with van der Waals surface area (Å²) in [7, 11) is -2.98. The number of hydrogen-bond acceptors (Lipinski definition) is 1. The lowest BCUT2D eigenvalue weighted by Gasteiger charge is -2.20. The van der Waals surface area contributed by atoms with Crippen molar-refractivity contribution in [2.45, 2.75) is 0 Å². The molecule has 0 aliphatic heterocycles. The van der Waals surface area contributed by atoms with Gasteiger partial charge in [0.25, 0.3) is 0 Å². The van der Waals surface area contributed by atoms with Crippen LogP contribution in [0.2, 0.25) is 0 Å². The van der Waals surface area contributed by atoms with Crippen molar-refractivity contribution in [3.05, 3.63) is 187 Å². The Morgan fingerprint density at radius 1 is 0.400 bits per heavy atom. The highest BCUT2D eigenvalue weighted by Crippen LogP contribution is 2.42. The third-order valence-corrected chi connectivity index (χ3v) is 10.3. The highest BCUT2D eigenvalue weighted by atomic mass is 31.2. The van der Waals surface area contributed by atoms with Gasteiger partial charge in [-0.3, -0.25) is 0 Å². The molecule has 0 atom stereocenters. The third kappa shape index (κ3) is 5.25. The molecule has 6 rings (SSSR count). The Hall–Kier alpha value is -4.71. The SMILES string of the molecule is O=P(c1ccccc1)(c1ccccc1)c1ccc(-c2ccc(C(=Cc3ccccc3)c3ccccc3)cc2)cc1. The maximum atomic E-state index is 14.7. The molecule has 0 N–H and O–H groups in total. The Morgan fingerprint density at radius 2 is 0.775 bits per heavy atom. The van der Waals surface area contributed by atoms with E-state index < -0.39 is 7.14 Å². The summed E-state index contributed by atoms with van der Waals surface area (Å²) in [5, 5.41) is 2.52. The molecule has 192 valence electrons. The molecule has 0 unspecified atom stereocenters. The van der Waals surface area contributed by atoms with Crippen LogP contribution < -0.4 is 15.9 Å². The van der Waals surface area contributed by atoms with Crippen LogP contribution in [0.25, 0.3) is 22.8 Å². The minimum absolute atomic E-state index is 0.836. The van der Waals surface area contributed by atoms with Crippen molar-refractivity contribution in [2.75, 3.05) is 0 Å². The van der Waals surface area contributed by atoms with Gasteiger partial charge in [0.05, 0.1) is 0 Å². The zero-order valence-corrected chi connectivity index (χ0v) is 23.0. The largest absolute Gasteiger partial charge is 0.309 e. The Bertz CT molecular complexity index is 1710. The molecule has 0 fully saturated rings. The molecule has 1 nitrogen and oxygen atoms in total. The van der Waals surface area contributed by atoms with Gasteiger partial charge >= 0.3 is 0 Å². The first kappa shape index (κ1) is 25.6. The van der Waals surface area contributed by atoms with Crippen molar-refractivity contribution in [1.82, 2.24) is 0 Å². The van der Waals surface area contributed by atoms with Gasteiger partial charge in [0.2, 0.25) is 0 Å². The highest BCUT2D eigenvalue weighted by molar-refractivity contribution is 7.85. The van der Waals surface area contributed by atoms with Gasteiger partial charge in [-0.15, -0.1) is 0 Å². The molecule has 6 aromatic rings. The zero-order valence-electron chi connectivity index (χ0n) is 22.1. The second-order valence-electron chi connectivity index (χ2n) is 9.74. The molecule has 0 aliphatic carbocycles. The Kier molecular flexibility index (Phi) is 7.40. The molecule has 0 saturated heterocycles. The smallest absolute Gasteiger partial charge is 0.171 e. The fourth-order valence-corrected chi connectivity index (χ4v) is 7.74. The van der Waals surface area contributed by atoms with Crippen LogP contribution in [0.3, 0.4) is 0 Å². The summed E-state index contributed by atoms with van der Waals surface area (Å²) in [6.45, 7) is 0. The maximum absolute atomic E-state index is 14.7. The maximum Gasteiger partial charge on any atom is 0.171 e. The second kappa shape index (κ2) is 11.6. The van der Waals surface area contributed by atoms with E-state index in [0.29, 0.717) is 0 Å². The molecule has 0 heterocycles. The summed E-state index contributed by atoms with van der Waals surface area (Å²) in [6, 6.07) is 57.5. The van der Waals surface area contributed by atoms with Crippen LogP contribution in [0.15, 0.2) is 170 Å². The number of rotatable bonds is 7. The molecule has 0 radical (unpaired) electrons. The predicted molar refractivity (Wildman–Crippen MR) is 171 cm³/mol. The molecule has 0 aromatic heterocycles. The molecule has 40 heavy (non-hydrogen) atoms. The summed E-state index contributed by atoms with van der Waals surface area (Å²) >= 11 is 0. The predicted octanol–water partition coefficient (Wildman–Crippen LogP) is 8.58. The van der Waals surface area contributed by atoms with Crippen LogP contribution in [-0.2, 0) is 4.57 Å². The Balaban J connectivity index is 1.34. The van der Waals surface area contributed by atoms with Gasteiger partial charge < -0.3 is 4.57 Å². The highest BCUT2D eigenvalue weighted by Gasteiger charge is 2.29. The van der Waals surface area contributed by atoms with Crippen molar-refractivity contribution in [3.63, 3.8) is 0 Å². The molecule has 0 amide bonds. The van der Waals surface area contributed by atoms with Crippen molar-refractivity contribution in [2.24, 2.45) is 0 Å². The van der Waals surface area contributed by atoms with Crippen LogP contribution in [-0.4, -0.2) is 0 Å². The van der Waals surface area contributed by atoms with E-state index in [1.54, 1.807) is 0 Å². The lowest BCUT2D eigenvalue weighted by atomic mass is 9.94. The molecule has 0 saturated carbocycles. The van der Waals surface area contributed by atoms with E-state index in [4.69, 9.17) is 0 Å². The van der Waals surface area contributed by atoms with Gasteiger partial charge in [-0.2, -0.15) is 0 Å². The van der Waals surface area contributed by atoms with E-state index in [9.17, 15) is 4.57 Å². The van der Waals surface area contributed by atoms with E-state index in [1.807, 2.05) is 84.9 Å². The normalized spacial score (nSPS) is 11.8. The lowest BCUT2D eigenvalue weighted by molar-refractivity contribution is 0.592. The van der Waals surface area contributed by atoms with Gasteiger partial charge in [0.1, 0.15) is 0 Å². The quantitative estimate of drug-likeness (QED) is 0.149. The topological polar surface area (TPSA) is 17.1 Å². The molecular formula is C38H29OP. The fourth-order valence-electron chi connectivity index (χ4n) is 5.10.